The van der Waals surface area contributed by atoms with Gasteiger partial charge in [0.15, 0.2) is 0 Å². The predicted molar refractivity (Wildman–Crippen MR) is 101 cm³/mol. The standard InChI is InChI=1S/C20H14N2O7/c23-17(11-7-3-1-4-8-11)21-13-14(16(20(27)28)29-15(13)19(25)26)22-18(24)12-9-5-2-6-10-12/h1-10H,(H,21,23)(H,22,24)(H,25,26)(H,27,28). The number of hydrogen-bond acceptors (Lipinski definition) is 5. The van der Waals surface area contributed by atoms with E-state index < -0.39 is 46.6 Å². The number of aromatic carboxylic acids is 2. The molecule has 146 valence electrons. The van der Waals surface area contributed by atoms with Crippen molar-refractivity contribution >= 4 is 35.1 Å². The monoisotopic (exact) mass is 394 g/mol. The molecule has 0 spiro atoms. The Balaban J connectivity index is 2.05. The minimum Gasteiger partial charge on any atom is -0.475 e. The first-order valence-electron chi connectivity index (χ1n) is 8.24. The normalized spacial score (nSPS) is 10.2. The second kappa shape index (κ2) is 8.09. The van der Waals surface area contributed by atoms with Gasteiger partial charge in [0.25, 0.3) is 11.8 Å². The highest BCUT2D eigenvalue weighted by Crippen LogP contribution is 2.34. The fourth-order valence-corrected chi connectivity index (χ4v) is 2.52. The highest BCUT2D eigenvalue weighted by Gasteiger charge is 2.31. The van der Waals surface area contributed by atoms with Crippen LogP contribution in [0, 0.1) is 0 Å². The van der Waals surface area contributed by atoms with Crippen molar-refractivity contribution in [1.29, 1.82) is 0 Å². The number of carbonyl (C=O) groups is 4. The lowest BCUT2D eigenvalue weighted by atomic mass is 10.2. The predicted octanol–water partition coefficient (Wildman–Crippen LogP) is 3.18. The van der Waals surface area contributed by atoms with Crippen LogP contribution in [0.5, 0.6) is 0 Å². The molecule has 3 rings (SSSR count). The third kappa shape index (κ3) is 4.14. The molecule has 0 fully saturated rings. The first-order valence-corrected chi connectivity index (χ1v) is 8.24. The van der Waals surface area contributed by atoms with Gasteiger partial charge in [-0.3, -0.25) is 9.59 Å². The van der Waals surface area contributed by atoms with Gasteiger partial charge in [0.2, 0.25) is 11.5 Å². The highest BCUT2D eigenvalue weighted by molar-refractivity contribution is 6.16. The summed E-state index contributed by atoms with van der Waals surface area (Å²) in [6, 6.07) is 15.7. The molecule has 0 bridgehead atoms. The number of carbonyl (C=O) groups excluding carboxylic acids is 2. The van der Waals surface area contributed by atoms with Gasteiger partial charge in [-0.2, -0.15) is 0 Å². The van der Waals surface area contributed by atoms with Crippen LogP contribution in [-0.2, 0) is 0 Å². The van der Waals surface area contributed by atoms with Gasteiger partial charge in [0.1, 0.15) is 11.4 Å². The van der Waals surface area contributed by atoms with Crippen LogP contribution in [0.3, 0.4) is 0 Å². The summed E-state index contributed by atoms with van der Waals surface area (Å²) in [4.78, 5) is 48.0. The van der Waals surface area contributed by atoms with Crippen molar-refractivity contribution in [2.75, 3.05) is 10.6 Å². The van der Waals surface area contributed by atoms with E-state index in [4.69, 9.17) is 4.42 Å². The average molecular weight is 394 g/mol. The third-order valence-corrected chi connectivity index (χ3v) is 3.85. The summed E-state index contributed by atoms with van der Waals surface area (Å²) >= 11 is 0. The Kier molecular flexibility index (Phi) is 5.40. The quantitative estimate of drug-likeness (QED) is 0.502. The lowest BCUT2D eigenvalue weighted by Crippen LogP contribution is -2.18. The molecule has 1 heterocycles. The molecule has 0 aliphatic heterocycles. The van der Waals surface area contributed by atoms with E-state index in [1.807, 2.05) is 0 Å². The van der Waals surface area contributed by atoms with Crippen LogP contribution in [0.15, 0.2) is 65.1 Å². The van der Waals surface area contributed by atoms with E-state index >= 15 is 0 Å². The van der Waals surface area contributed by atoms with Crippen LogP contribution in [0.2, 0.25) is 0 Å². The van der Waals surface area contributed by atoms with Gasteiger partial charge < -0.3 is 25.3 Å². The summed E-state index contributed by atoms with van der Waals surface area (Å²) < 4.78 is 4.91. The second-order valence-electron chi connectivity index (χ2n) is 5.76. The number of rotatable bonds is 6. The number of benzene rings is 2. The van der Waals surface area contributed by atoms with Crippen LogP contribution < -0.4 is 10.6 Å². The molecule has 9 heteroatoms. The van der Waals surface area contributed by atoms with Gasteiger partial charge >= 0.3 is 11.9 Å². The molecule has 29 heavy (non-hydrogen) atoms. The lowest BCUT2D eigenvalue weighted by molar-refractivity contribution is 0.0633. The average Bonchev–Trinajstić information content (AvgIpc) is 3.07. The van der Waals surface area contributed by atoms with Crippen LogP contribution in [0.4, 0.5) is 11.4 Å². The molecule has 0 saturated heterocycles. The maximum atomic E-state index is 12.5. The first-order chi connectivity index (χ1) is 13.9. The first kappa shape index (κ1) is 19.4. The Labute approximate surface area is 163 Å². The maximum Gasteiger partial charge on any atom is 0.374 e. The summed E-state index contributed by atoms with van der Waals surface area (Å²) in [5.74, 6) is -6.29. The second-order valence-corrected chi connectivity index (χ2v) is 5.76. The Morgan fingerprint density at radius 2 is 0.966 bits per heavy atom. The molecule has 0 unspecified atom stereocenters. The summed E-state index contributed by atoms with van der Waals surface area (Å²) in [5.41, 5.74) is -0.537. The van der Waals surface area contributed by atoms with Crippen molar-refractivity contribution < 1.29 is 33.8 Å². The Bertz CT molecular complexity index is 1000. The SMILES string of the molecule is O=C(Nc1c(C(=O)O)oc(C(=O)O)c1NC(=O)c1ccccc1)c1ccccc1. The van der Waals surface area contributed by atoms with E-state index in [-0.39, 0.29) is 11.1 Å². The van der Waals surface area contributed by atoms with Crippen LogP contribution in [-0.4, -0.2) is 34.0 Å². The molecule has 3 aromatic rings. The molecular weight excluding hydrogens is 380 g/mol. The molecule has 0 saturated carbocycles. The molecular formula is C20H14N2O7. The van der Waals surface area contributed by atoms with E-state index in [9.17, 15) is 29.4 Å². The molecule has 0 aliphatic rings. The summed E-state index contributed by atoms with van der Waals surface area (Å²) in [5, 5.41) is 23.4. The number of hydrogen-bond donors (Lipinski definition) is 4. The van der Waals surface area contributed by atoms with Crippen molar-refractivity contribution in [3.8, 4) is 0 Å². The zero-order valence-electron chi connectivity index (χ0n) is 14.7. The topological polar surface area (TPSA) is 146 Å². The maximum absolute atomic E-state index is 12.5. The van der Waals surface area contributed by atoms with E-state index in [1.165, 1.54) is 24.3 Å². The summed E-state index contributed by atoms with van der Waals surface area (Å²) in [7, 11) is 0. The lowest BCUT2D eigenvalue weighted by Gasteiger charge is -2.09. The van der Waals surface area contributed by atoms with Gasteiger partial charge in [-0.05, 0) is 24.3 Å². The zero-order valence-corrected chi connectivity index (χ0v) is 14.7. The van der Waals surface area contributed by atoms with Gasteiger partial charge in [-0.25, -0.2) is 9.59 Å². The summed E-state index contributed by atoms with van der Waals surface area (Å²) in [6.07, 6.45) is 0. The molecule has 0 atom stereocenters. The smallest absolute Gasteiger partial charge is 0.374 e. The molecule has 0 aliphatic carbocycles. The van der Waals surface area contributed by atoms with Crippen molar-refractivity contribution in [2.45, 2.75) is 0 Å². The van der Waals surface area contributed by atoms with E-state index in [0.29, 0.717) is 0 Å². The Morgan fingerprint density at radius 3 is 1.28 bits per heavy atom. The van der Waals surface area contributed by atoms with Crippen LogP contribution in [0.25, 0.3) is 0 Å². The largest absolute Gasteiger partial charge is 0.475 e. The summed E-state index contributed by atoms with van der Waals surface area (Å²) in [6.45, 7) is 0. The molecule has 4 N–H and O–H groups in total. The highest BCUT2D eigenvalue weighted by atomic mass is 16.4. The van der Waals surface area contributed by atoms with Crippen molar-refractivity contribution in [3.63, 3.8) is 0 Å². The van der Waals surface area contributed by atoms with Crippen molar-refractivity contribution in [1.82, 2.24) is 0 Å². The number of anilines is 2. The zero-order chi connectivity index (χ0) is 21.0. The molecule has 2 amide bonds. The number of amides is 2. The van der Waals surface area contributed by atoms with Crippen LogP contribution >= 0.6 is 0 Å². The molecule has 1 aromatic heterocycles. The number of carboxylic acid groups (broad SMARTS) is 2. The molecule has 9 nitrogen and oxygen atoms in total. The number of nitrogens with one attached hydrogen (secondary N) is 2. The van der Waals surface area contributed by atoms with Crippen molar-refractivity contribution in [2.24, 2.45) is 0 Å². The molecule has 2 aromatic carbocycles. The minimum absolute atomic E-state index is 0.197. The van der Waals surface area contributed by atoms with E-state index in [1.54, 1.807) is 36.4 Å². The Hall–Kier alpha value is -4.40. The number of carboxylic acids is 2. The van der Waals surface area contributed by atoms with E-state index in [2.05, 4.69) is 10.6 Å². The van der Waals surface area contributed by atoms with Gasteiger partial charge in [-0.15, -0.1) is 0 Å². The minimum atomic E-state index is -1.61. The fourth-order valence-electron chi connectivity index (χ4n) is 2.52. The van der Waals surface area contributed by atoms with E-state index in [0.717, 1.165) is 0 Å². The van der Waals surface area contributed by atoms with Gasteiger partial charge in [0.05, 0.1) is 0 Å². The third-order valence-electron chi connectivity index (χ3n) is 3.85. The molecule has 0 radical (unpaired) electrons. The fraction of sp³-hybridized carbons (Fsp3) is 0. The van der Waals surface area contributed by atoms with Crippen molar-refractivity contribution in [3.05, 3.63) is 83.3 Å². The van der Waals surface area contributed by atoms with Gasteiger partial charge in [-0.1, -0.05) is 36.4 Å². The van der Waals surface area contributed by atoms with Gasteiger partial charge in [0, 0.05) is 11.1 Å². The Morgan fingerprint density at radius 1 is 0.621 bits per heavy atom. The van der Waals surface area contributed by atoms with Crippen LogP contribution in [0.1, 0.15) is 41.8 Å². The number of furan rings is 1.